The number of amides is 1. The summed E-state index contributed by atoms with van der Waals surface area (Å²) in [6, 6.07) is 3.78. The Balaban J connectivity index is 1.87. The molecule has 2 aliphatic heterocycles. The molecule has 1 amide bonds. The number of halogens is 3. The molecule has 7 nitrogen and oxygen atoms in total. The first-order chi connectivity index (χ1) is 14.3. The van der Waals surface area contributed by atoms with E-state index in [2.05, 4.69) is 20.6 Å². The number of ether oxygens (including phenoxy) is 1. The van der Waals surface area contributed by atoms with Crippen LogP contribution in [0.1, 0.15) is 37.5 Å². The molecule has 2 aromatic heterocycles. The molecule has 0 aliphatic carbocycles. The summed E-state index contributed by atoms with van der Waals surface area (Å²) < 4.78 is 46.4. The number of carbonyl (C=O) groups excluding carboxylic acids is 1. The number of anilines is 2. The van der Waals surface area contributed by atoms with Gasteiger partial charge in [-0.2, -0.15) is 13.2 Å². The standard InChI is InChI=1S/C20H22F3N5O2/c1-3-13-10-24-6-7-28(13)16-9-12(20(21,22)23)8-15(26-16)14-4-5-25-18-17(14)11(2)30-19(29)27-18/h4-5,8-9,11,13,24H,3,6-7,10H2,1-2H3,(H,25,27,29)/t11?,13-/m1/s1. The predicted octanol–water partition coefficient (Wildman–Crippen LogP) is 3.97. The van der Waals surface area contributed by atoms with Gasteiger partial charge in [0, 0.05) is 43.0 Å². The highest BCUT2D eigenvalue weighted by molar-refractivity contribution is 5.89. The number of nitrogens with one attached hydrogen (secondary N) is 2. The fraction of sp³-hybridized carbons (Fsp3) is 0.450. The molecule has 10 heteroatoms. The minimum absolute atomic E-state index is 0.0514. The maximum absolute atomic E-state index is 13.7. The van der Waals surface area contributed by atoms with Crippen LogP contribution in [0.5, 0.6) is 0 Å². The van der Waals surface area contributed by atoms with Crippen molar-refractivity contribution in [1.82, 2.24) is 15.3 Å². The molecule has 1 saturated heterocycles. The topological polar surface area (TPSA) is 79.4 Å². The van der Waals surface area contributed by atoms with E-state index in [9.17, 15) is 18.0 Å². The molecular weight excluding hydrogens is 399 g/mol. The molecule has 30 heavy (non-hydrogen) atoms. The van der Waals surface area contributed by atoms with E-state index < -0.39 is 23.9 Å². The van der Waals surface area contributed by atoms with Gasteiger partial charge in [-0.05, 0) is 31.5 Å². The van der Waals surface area contributed by atoms with Gasteiger partial charge in [0.05, 0.1) is 11.3 Å². The van der Waals surface area contributed by atoms with E-state index in [0.29, 0.717) is 30.8 Å². The Morgan fingerprint density at radius 2 is 2.13 bits per heavy atom. The second-order valence-electron chi connectivity index (χ2n) is 7.35. The van der Waals surface area contributed by atoms with Crippen LogP contribution in [0.25, 0.3) is 11.3 Å². The Morgan fingerprint density at radius 3 is 2.87 bits per heavy atom. The van der Waals surface area contributed by atoms with Crippen LogP contribution in [0.3, 0.4) is 0 Å². The summed E-state index contributed by atoms with van der Waals surface area (Å²) in [6.07, 6.45) is -3.62. The van der Waals surface area contributed by atoms with Gasteiger partial charge in [0.15, 0.2) is 0 Å². The molecule has 2 atom stereocenters. The molecule has 1 fully saturated rings. The van der Waals surface area contributed by atoms with Crippen molar-refractivity contribution in [2.75, 3.05) is 29.9 Å². The van der Waals surface area contributed by atoms with Crippen molar-refractivity contribution in [2.45, 2.75) is 38.6 Å². The van der Waals surface area contributed by atoms with Crippen molar-refractivity contribution in [3.05, 3.63) is 35.5 Å². The monoisotopic (exact) mass is 421 g/mol. The van der Waals surface area contributed by atoms with E-state index >= 15 is 0 Å². The van der Waals surface area contributed by atoms with E-state index in [-0.39, 0.29) is 23.4 Å². The minimum Gasteiger partial charge on any atom is -0.441 e. The molecule has 160 valence electrons. The van der Waals surface area contributed by atoms with E-state index in [0.717, 1.165) is 18.6 Å². The normalized spacial score (nSPS) is 21.6. The molecule has 0 bridgehead atoms. The Kier molecular flexibility index (Phi) is 5.27. The van der Waals surface area contributed by atoms with Crippen LogP contribution in [-0.4, -0.2) is 41.7 Å². The number of fused-ring (bicyclic) bond motifs is 1. The number of aromatic nitrogens is 2. The predicted molar refractivity (Wildman–Crippen MR) is 105 cm³/mol. The summed E-state index contributed by atoms with van der Waals surface area (Å²) in [5, 5.41) is 5.77. The number of rotatable bonds is 3. The molecular formula is C20H22F3N5O2. The number of alkyl halides is 3. The number of carbonyl (C=O) groups is 1. The molecule has 0 radical (unpaired) electrons. The summed E-state index contributed by atoms with van der Waals surface area (Å²) in [5.74, 6) is 0.553. The van der Waals surface area contributed by atoms with Gasteiger partial charge >= 0.3 is 12.3 Å². The lowest BCUT2D eigenvalue weighted by Gasteiger charge is -2.37. The van der Waals surface area contributed by atoms with E-state index in [4.69, 9.17) is 4.74 Å². The summed E-state index contributed by atoms with van der Waals surface area (Å²) in [7, 11) is 0. The number of hydrogen-bond acceptors (Lipinski definition) is 6. The maximum atomic E-state index is 13.7. The van der Waals surface area contributed by atoms with Crippen molar-refractivity contribution >= 4 is 17.7 Å². The Labute approximate surface area is 171 Å². The number of pyridine rings is 2. The van der Waals surface area contributed by atoms with Gasteiger partial charge in [0.1, 0.15) is 17.7 Å². The highest BCUT2D eigenvalue weighted by atomic mass is 19.4. The lowest BCUT2D eigenvalue weighted by Crippen LogP contribution is -2.51. The zero-order valence-electron chi connectivity index (χ0n) is 16.6. The number of cyclic esters (lactones) is 1. The van der Waals surface area contributed by atoms with Crippen molar-refractivity contribution < 1.29 is 22.7 Å². The van der Waals surface area contributed by atoms with Crippen LogP contribution in [0.15, 0.2) is 24.4 Å². The maximum Gasteiger partial charge on any atom is 0.416 e. The van der Waals surface area contributed by atoms with Crippen molar-refractivity contribution in [2.24, 2.45) is 0 Å². The molecule has 4 heterocycles. The fourth-order valence-corrected chi connectivity index (χ4v) is 3.95. The first kappa shape index (κ1) is 20.4. The minimum atomic E-state index is -4.52. The lowest BCUT2D eigenvalue weighted by atomic mass is 9.99. The lowest BCUT2D eigenvalue weighted by molar-refractivity contribution is -0.137. The number of hydrogen-bond donors (Lipinski definition) is 2. The molecule has 0 spiro atoms. The number of piperazine rings is 1. The average Bonchev–Trinajstić information content (AvgIpc) is 2.72. The van der Waals surface area contributed by atoms with Crippen LogP contribution in [0, 0.1) is 0 Å². The smallest absolute Gasteiger partial charge is 0.416 e. The highest BCUT2D eigenvalue weighted by Gasteiger charge is 2.34. The SMILES string of the molecule is CC[C@@H]1CNCCN1c1cc(C(F)(F)F)cc(-c2ccnc3c2C(C)OC(=O)N3)n1. The third kappa shape index (κ3) is 3.79. The third-order valence-corrected chi connectivity index (χ3v) is 5.43. The van der Waals surface area contributed by atoms with Crippen molar-refractivity contribution in [3.63, 3.8) is 0 Å². The first-order valence-corrected chi connectivity index (χ1v) is 9.81. The van der Waals surface area contributed by atoms with E-state index in [1.54, 1.807) is 13.0 Å². The largest absolute Gasteiger partial charge is 0.441 e. The second-order valence-corrected chi connectivity index (χ2v) is 7.35. The van der Waals surface area contributed by atoms with Gasteiger partial charge in [-0.15, -0.1) is 0 Å². The van der Waals surface area contributed by atoms with Crippen LogP contribution >= 0.6 is 0 Å². The van der Waals surface area contributed by atoms with Gasteiger partial charge in [0.2, 0.25) is 0 Å². The van der Waals surface area contributed by atoms with Crippen molar-refractivity contribution in [1.29, 1.82) is 0 Å². The molecule has 4 rings (SSSR count). The van der Waals surface area contributed by atoms with Crippen LogP contribution in [0.2, 0.25) is 0 Å². The van der Waals surface area contributed by atoms with E-state index in [1.165, 1.54) is 6.20 Å². The Hall–Kier alpha value is -2.88. The highest BCUT2D eigenvalue weighted by Crippen LogP contribution is 2.40. The Bertz CT molecular complexity index is 966. The van der Waals surface area contributed by atoms with Gasteiger partial charge in [-0.25, -0.2) is 14.8 Å². The molecule has 0 saturated carbocycles. The molecule has 2 N–H and O–H groups in total. The molecule has 2 aliphatic rings. The first-order valence-electron chi connectivity index (χ1n) is 9.81. The summed E-state index contributed by atoms with van der Waals surface area (Å²) in [6.45, 7) is 5.58. The molecule has 2 aromatic rings. The van der Waals surface area contributed by atoms with Crippen LogP contribution in [0.4, 0.5) is 29.6 Å². The molecule has 0 aromatic carbocycles. The quantitative estimate of drug-likeness (QED) is 0.781. The third-order valence-electron chi connectivity index (χ3n) is 5.43. The van der Waals surface area contributed by atoms with Crippen LogP contribution < -0.4 is 15.5 Å². The molecule has 1 unspecified atom stereocenters. The van der Waals surface area contributed by atoms with Gasteiger partial charge in [0.25, 0.3) is 0 Å². The van der Waals surface area contributed by atoms with Gasteiger partial charge in [-0.3, -0.25) is 5.32 Å². The zero-order valence-corrected chi connectivity index (χ0v) is 16.6. The fourth-order valence-electron chi connectivity index (χ4n) is 3.95. The Morgan fingerprint density at radius 1 is 1.33 bits per heavy atom. The summed E-state index contributed by atoms with van der Waals surface area (Å²) in [5.41, 5.74) is 0.346. The van der Waals surface area contributed by atoms with E-state index in [1.807, 2.05) is 11.8 Å². The zero-order chi connectivity index (χ0) is 21.5. The van der Waals surface area contributed by atoms with Gasteiger partial charge in [-0.1, -0.05) is 6.92 Å². The summed E-state index contributed by atoms with van der Waals surface area (Å²) >= 11 is 0. The van der Waals surface area contributed by atoms with Gasteiger partial charge < -0.3 is 15.0 Å². The average molecular weight is 421 g/mol. The summed E-state index contributed by atoms with van der Waals surface area (Å²) in [4.78, 5) is 22.3. The van der Waals surface area contributed by atoms with Crippen molar-refractivity contribution in [3.8, 4) is 11.3 Å². The number of nitrogens with zero attached hydrogens (tertiary/aromatic N) is 3. The van der Waals surface area contributed by atoms with Crippen LogP contribution in [-0.2, 0) is 10.9 Å². The second kappa shape index (κ2) is 7.75.